The van der Waals surface area contributed by atoms with Crippen molar-refractivity contribution >= 4 is 33.1 Å². The number of ether oxygens (including phenoxy) is 1. The van der Waals surface area contributed by atoms with E-state index in [0.717, 1.165) is 57.1 Å². The Hall–Kier alpha value is -6.16. The van der Waals surface area contributed by atoms with Crippen molar-refractivity contribution in [2.45, 2.75) is 63.4 Å². The zero-order valence-corrected chi connectivity index (χ0v) is 34.6. The molecule has 3 atom stereocenters. The molecule has 2 nitrogen and oxygen atoms in total. The predicted molar refractivity (Wildman–Crippen MR) is 251 cm³/mol. The number of aryl methyl sites for hydroxylation is 1. The van der Waals surface area contributed by atoms with Crippen molar-refractivity contribution in [1.82, 2.24) is 4.90 Å². The van der Waals surface area contributed by atoms with Gasteiger partial charge in [-0.2, -0.15) is 0 Å². The molecule has 292 valence electrons. The summed E-state index contributed by atoms with van der Waals surface area (Å²) in [7, 11) is 0. The minimum atomic E-state index is 0.0515. The van der Waals surface area contributed by atoms with Gasteiger partial charge in [0.05, 0.1) is 0 Å². The van der Waals surface area contributed by atoms with Gasteiger partial charge in [-0.3, -0.25) is 0 Å². The van der Waals surface area contributed by atoms with Crippen molar-refractivity contribution < 1.29 is 4.74 Å². The maximum Gasteiger partial charge on any atom is 0.128 e. The van der Waals surface area contributed by atoms with E-state index < -0.39 is 0 Å². The van der Waals surface area contributed by atoms with Crippen molar-refractivity contribution in [2.75, 3.05) is 0 Å². The summed E-state index contributed by atoms with van der Waals surface area (Å²) in [5.74, 6) is 1.63. The van der Waals surface area contributed by atoms with Gasteiger partial charge in [0.2, 0.25) is 0 Å². The summed E-state index contributed by atoms with van der Waals surface area (Å²) in [5.41, 5.74) is 19.1. The molecule has 1 aliphatic heterocycles. The Balaban J connectivity index is 0.896. The molecule has 4 aromatic rings. The molecule has 0 amide bonds. The smallest absolute Gasteiger partial charge is 0.128 e. The first-order valence-corrected chi connectivity index (χ1v) is 22.7. The zero-order valence-electron chi connectivity index (χ0n) is 33.8. The fourth-order valence-corrected chi connectivity index (χ4v) is 11.6. The van der Waals surface area contributed by atoms with E-state index in [0.29, 0.717) is 5.92 Å². The monoisotopic (exact) mass is 793 g/mol. The number of fused-ring (bicyclic) bond motifs is 8. The van der Waals surface area contributed by atoms with Crippen LogP contribution in [0.15, 0.2) is 209 Å². The Bertz CT molecular complexity index is 2870. The van der Waals surface area contributed by atoms with Crippen LogP contribution in [0.25, 0.3) is 32.2 Å². The van der Waals surface area contributed by atoms with Crippen LogP contribution in [0, 0.1) is 5.92 Å². The molecule has 8 aliphatic rings. The predicted octanol–water partition coefficient (Wildman–Crippen LogP) is 14.5. The molecule has 3 unspecified atom stereocenters. The van der Waals surface area contributed by atoms with Crippen LogP contribution in [-0.2, 0) is 17.6 Å². The van der Waals surface area contributed by atoms with Gasteiger partial charge in [0.25, 0.3) is 0 Å². The van der Waals surface area contributed by atoms with Gasteiger partial charge in [0.15, 0.2) is 0 Å². The first-order chi connectivity index (χ1) is 29.7. The average molecular weight is 794 g/mol. The van der Waals surface area contributed by atoms with Crippen LogP contribution >= 0.6 is 11.3 Å². The fraction of sp³-hybridized carbons (Fsp3) is 0.193. The highest BCUT2D eigenvalue weighted by molar-refractivity contribution is 7.22. The van der Waals surface area contributed by atoms with Crippen molar-refractivity contribution in [3.8, 4) is 10.4 Å². The van der Waals surface area contributed by atoms with E-state index in [2.05, 4.69) is 175 Å². The van der Waals surface area contributed by atoms with E-state index in [1.807, 2.05) is 11.3 Å². The molecule has 1 aromatic heterocycles. The highest BCUT2D eigenvalue weighted by Crippen LogP contribution is 2.47. The van der Waals surface area contributed by atoms with E-state index in [-0.39, 0.29) is 12.0 Å². The Morgan fingerprint density at radius 1 is 0.750 bits per heavy atom. The Labute approximate surface area is 357 Å². The van der Waals surface area contributed by atoms with E-state index >= 15 is 0 Å². The second kappa shape index (κ2) is 14.8. The molecule has 60 heavy (non-hydrogen) atoms. The van der Waals surface area contributed by atoms with E-state index in [9.17, 15) is 0 Å². The van der Waals surface area contributed by atoms with Gasteiger partial charge >= 0.3 is 0 Å². The second-order valence-corrected chi connectivity index (χ2v) is 18.3. The molecule has 0 N–H and O–H groups in total. The first kappa shape index (κ1) is 35.8. The lowest BCUT2D eigenvalue weighted by atomic mass is 9.82. The summed E-state index contributed by atoms with van der Waals surface area (Å²) < 4.78 is 8.20. The molecule has 0 saturated carbocycles. The minimum Gasteiger partial charge on any atom is -0.485 e. The van der Waals surface area contributed by atoms with Crippen LogP contribution in [0.1, 0.15) is 72.3 Å². The molecule has 3 aromatic carbocycles. The largest absolute Gasteiger partial charge is 0.485 e. The minimum absolute atomic E-state index is 0.0515. The van der Waals surface area contributed by atoms with Gasteiger partial charge in [-0.15, -0.1) is 11.3 Å². The first-order valence-electron chi connectivity index (χ1n) is 21.9. The molecule has 2 heterocycles. The number of hydrogen-bond donors (Lipinski definition) is 0. The third kappa shape index (κ3) is 6.39. The van der Waals surface area contributed by atoms with Gasteiger partial charge in [0, 0.05) is 44.9 Å². The summed E-state index contributed by atoms with van der Waals surface area (Å²) >= 11 is 1.87. The molecule has 0 spiro atoms. The van der Waals surface area contributed by atoms with Gasteiger partial charge < -0.3 is 9.64 Å². The van der Waals surface area contributed by atoms with Crippen molar-refractivity contribution in [3.63, 3.8) is 0 Å². The maximum absolute atomic E-state index is 6.86. The Morgan fingerprint density at radius 2 is 1.65 bits per heavy atom. The molecule has 7 aliphatic carbocycles. The third-order valence-corrected chi connectivity index (χ3v) is 14.8. The summed E-state index contributed by atoms with van der Waals surface area (Å²) in [6.45, 7) is 0. The maximum atomic E-state index is 6.86. The SMILES string of the molecule is C1=CC2=CC3OC4=C(CCC(N(C5=CC=C6C(=CC5)Cc5cc7c(cc56)CCC=C7)C5=C/C=C/CC(c6ccc(-c7cc8ccccc8s7)cc6)/C=C\5)=C4)C3C=C2C=CC1. The van der Waals surface area contributed by atoms with Crippen molar-refractivity contribution in [3.05, 3.63) is 237 Å². The number of benzene rings is 3. The van der Waals surface area contributed by atoms with Gasteiger partial charge in [-0.25, -0.2) is 0 Å². The standard InChI is InChI=1S/C57H47NOS/c1-2-11-42-33-53-51-29-27-49(36-55(51)59-54(53)34-43(42)12-3-1)58(48-25-23-44-31-46-30-40-13-4-5-14-41(40)32-52(46)50(44)28-26-48)47-16-8-6-10-37(22-24-47)38-18-20-39(21-19-38)57-35-45-15-7-9-17-56(45)60-57/h2-4,6-9,11-13,15-24,26,28,30,32-37,53-54H,1,5,10,14,25,27,29,31H2/b8-6+,24-22-,47-16+. The zero-order chi connectivity index (χ0) is 39.6. The summed E-state index contributed by atoms with van der Waals surface area (Å²) in [6.07, 6.45) is 48.1. The summed E-state index contributed by atoms with van der Waals surface area (Å²) in [5, 5.41) is 1.31. The van der Waals surface area contributed by atoms with E-state index in [1.54, 1.807) is 0 Å². The van der Waals surface area contributed by atoms with Gasteiger partial charge in [-0.1, -0.05) is 128 Å². The van der Waals surface area contributed by atoms with Crippen LogP contribution < -0.4 is 0 Å². The second-order valence-electron chi connectivity index (χ2n) is 17.2. The number of allylic oxidation sites excluding steroid dienone is 19. The highest BCUT2D eigenvalue weighted by Gasteiger charge is 2.38. The van der Waals surface area contributed by atoms with Crippen molar-refractivity contribution in [1.29, 1.82) is 0 Å². The molecule has 0 saturated heterocycles. The highest BCUT2D eigenvalue weighted by atomic mass is 32.1. The molecular weight excluding hydrogens is 747 g/mol. The number of rotatable bonds is 5. The van der Waals surface area contributed by atoms with Crippen LogP contribution in [0.2, 0.25) is 0 Å². The lowest BCUT2D eigenvalue weighted by Crippen LogP contribution is -2.23. The summed E-state index contributed by atoms with van der Waals surface area (Å²) in [4.78, 5) is 3.88. The lowest BCUT2D eigenvalue weighted by Gasteiger charge is -2.33. The van der Waals surface area contributed by atoms with E-state index in [4.69, 9.17) is 4.74 Å². The molecule has 0 radical (unpaired) electrons. The molecule has 0 bridgehead atoms. The Kier molecular flexibility index (Phi) is 8.84. The quantitative estimate of drug-likeness (QED) is 0.200. The fourth-order valence-electron chi connectivity index (χ4n) is 10.5. The number of hydrogen-bond acceptors (Lipinski definition) is 3. The van der Waals surface area contributed by atoms with Crippen molar-refractivity contribution in [2.24, 2.45) is 5.92 Å². The molecule has 3 heteroatoms. The molecular formula is C57H47NOS. The number of thiophene rings is 1. The van der Waals surface area contributed by atoms with Crippen LogP contribution in [0.3, 0.4) is 0 Å². The average Bonchev–Trinajstić information content (AvgIpc) is 3.85. The Morgan fingerprint density at radius 3 is 2.57 bits per heavy atom. The van der Waals surface area contributed by atoms with Crippen LogP contribution in [0.5, 0.6) is 0 Å². The van der Waals surface area contributed by atoms with Gasteiger partial charge in [0.1, 0.15) is 11.9 Å². The van der Waals surface area contributed by atoms with Gasteiger partial charge in [-0.05, 0) is 154 Å². The van der Waals surface area contributed by atoms with Crippen LogP contribution in [0.4, 0.5) is 0 Å². The van der Waals surface area contributed by atoms with E-state index in [1.165, 1.54) is 93.3 Å². The number of nitrogens with zero attached hydrogens (tertiary/aromatic N) is 1. The molecule has 0 fully saturated rings. The normalized spacial score (nSPS) is 25.3. The third-order valence-electron chi connectivity index (χ3n) is 13.6. The molecule has 12 rings (SSSR count). The summed E-state index contributed by atoms with van der Waals surface area (Å²) in [6, 6.07) is 25.2. The topological polar surface area (TPSA) is 12.5 Å². The lowest BCUT2D eigenvalue weighted by molar-refractivity contribution is 0.172. The van der Waals surface area contributed by atoms with Crippen LogP contribution in [-0.4, -0.2) is 11.0 Å².